The van der Waals surface area contributed by atoms with Gasteiger partial charge in [-0.15, -0.1) is 11.3 Å². The van der Waals surface area contributed by atoms with Gasteiger partial charge in [0.2, 0.25) is 0 Å². The summed E-state index contributed by atoms with van der Waals surface area (Å²) in [6.07, 6.45) is 5.37. The van der Waals surface area contributed by atoms with Gasteiger partial charge in [-0.05, 0) is 30.9 Å². The number of halogens is 1. The van der Waals surface area contributed by atoms with Gasteiger partial charge in [0.25, 0.3) is 0 Å². The Balaban J connectivity index is 2.18. The van der Waals surface area contributed by atoms with Crippen LogP contribution in [-0.4, -0.2) is 24.0 Å². The summed E-state index contributed by atoms with van der Waals surface area (Å²) >= 11 is 7.77. The second-order valence-corrected chi connectivity index (χ2v) is 7.67. The van der Waals surface area contributed by atoms with Crippen molar-refractivity contribution in [3.8, 4) is 0 Å². The molecule has 19 heavy (non-hydrogen) atoms. The molecule has 1 unspecified atom stereocenters. The Morgan fingerprint density at radius 2 is 2.05 bits per heavy atom. The molecular formula is C15H25ClN2S. The fraction of sp³-hybridized carbons (Fsp3) is 0.733. The lowest BCUT2D eigenvalue weighted by molar-refractivity contribution is 0.123. The fourth-order valence-electron chi connectivity index (χ4n) is 3.11. The van der Waals surface area contributed by atoms with Gasteiger partial charge in [-0.25, -0.2) is 0 Å². The van der Waals surface area contributed by atoms with E-state index in [9.17, 15) is 0 Å². The monoisotopic (exact) mass is 300 g/mol. The average Bonchev–Trinajstić information content (AvgIpc) is 2.99. The van der Waals surface area contributed by atoms with E-state index in [1.165, 1.54) is 30.6 Å². The molecule has 2 rings (SSSR count). The van der Waals surface area contributed by atoms with E-state index >= 15 is 0 Å². The summed E-state index contributed by atoms with van der Waals surface area (Å²) in [7, 11) is 0. The molecule has 0 bridgehead atoms. The maximum Gasteiger partial charge on any atom is 0.0931 e. The topological polar surface area (TPSA) is 29.3 Å². The Labute approximate surface area is 125 Å². The van der Waals surface area contributed by atoms with Crippen molar-refractivity contribution in [2.75, 3.05) is 13.1 Å². The van der Waals surface area contributed by atoms with Crippen LogP contribution in [0.2, 0.25) is 4.34 Å². The van der Waals surface area contributed by atoms with Crippen LogP contribution < -0.4 is 5.73 Å². The molecule has 2 N–H and O–H groups in total. The summed E-state index contributed by atoms with van der Waals surface area (Å²) in [6.45, 7) is 6.38. The average molecular weight is 301 g/mol. The molecular weight excluding hydrogens is 276 g/mol. The van der Waals surface area contributed by atoms with Crippen molar-refractivity contribution >= 4 is 22.9 Å². The Morgan fingerprint density at radius 3 is 2.53 bits per heavy atom. The summed E-state index contributed by atoms with van der Waals surface area (Å²) in [4.78, 5) is 3.96. The minimum Gasteiger partial charge on any atom is -0.329 e. The van der Waals surface area contributed by atoms with E-state index in [-0.39, 0.29) is 0 Å². The fourth-order valence-corrected chi connectivity index (χ4v) is 4.31. The molecule has 0 radical (unpaired) electrons. The van der Waals surface area contributed by atoms with Crippen LogP contribution in [0.3, 0.4) is 0 Å². The number of nitrogens with zero attached hydrogens (tertiary/aromatic N) is 1. The summed E-state index contributed by atoms with van der Waals surface area (Å²) in [5.41, 5.74) is 6.08. The second-order valence-electron chi connectivity index (χ2n) is 5.92. The lowest BCUT2D eigenvalue weighted by atomic mass is 10.1. The SMILES string of the molecule is CC(C)CN(C1CCCC1)C(CN)c1ccc(Cl)s1. The van der Waals surface area contributed by atoms with Crippen LogP contribution in [0.5, 0.6) is 0 Å². The number of nitrogens with two attached hydrogens (primary N) is 1. The first-order chi connectivity index (χ1) is 9.11. The van der Waals surface area contributed by atoms with E-state index in [0.717, 1.165) is 10.9 Å². The second kappa shape index (κ2) is 7.07. The van der Waals surface area contributed by atoms with Crippen LogP contribution in [0.4, 0.5) is 0 Å². The normalized spacial score (nSPS) is 18.6. The Morgan fingerprint density at radius 1 is 1.37 bits per heavy atom. The Bertz CT molecular complexity index is 385. The highest BCUT2D eigenvalue weighted by Crippen LogP contribution is 2.35. The predicted molar refractivity (Wildman–Crippen MR) is 84.9 cm³/mol. The molecule has 108 valence electrons. The van der Waals surface area contributed by atoms with Crippen LogP contribution in [0, 0.1) is 5.92 Å². The lowest BCUT2D eigenvalue weighted by Crippen LogP contribution is -2.42. The molecule has 1 aliphatic rings. The third-order valence-corrected chi connectivity index (χ3v) is 5.25. The van der Waals surface area contributed by atoms with Crippen molar-refractivity contribution in [2.45, 2.75) is 51.6 Å². The zero-order valence-electron chi connectivity index (χ0n) is 11.9. The molecule has 1 aromatic heterocycles. The molecule has 0 aromatic carbocycles. The third-order valence-electron chi connectivity index (χ3n) is 3.92. The molecule has 0 amide bonds. The Hall–Kier alpha value is -0.0900. The summed E-state index contributed by atoms with van der Waals surface area (Å²) in [5, 5.41) is 0. The molecule has 0 aliphatic heterocycles. The minimum absolute atomic E-state index is 0.336. The van der Waals surface area contributed by atoms with Crippen LogP contribution in [0.25, 0.3) is 0 Å². The summed E-state index contributed by atoms with van der Waals surface area (Å²) in [6, 6.07) is 5.18. The van der Waals surface area contributed by atoms with Crippen molar-refractivity contribution in [3.63, 3.8) is 0 Å². The first kappa shape index (κ1) is 15.3. The molecule has 4 heteroatoms. The quantitative estimate of drug-likeness (QED) is 0.848. The van der Waals surface area contributed by atoms with Crippen LogP contribution in [0.1, 0.15) is 50.4 Å². The first-order valence-electron chi connectivity index (χ1n) is 7.33. The molecule has 0 saturated heterocycles. The summed E-state index contributed by atoms with van der Waals surface area (Å²) < 4.78 is 0.865. The van der Waals surface area contributed by atoms with Crippen molar-refractivity contribution in [1.82, 2.24) is 4.90 Å². The van der Waals surface area contributed by atoms with Gasteiger partial charge in [0.15, 0.2) is 0 Å². The highest BCUT2D eigenvalue weighted by atomic mass is 35.5. The number of rotatable bonds is 6. The molecule has 1 atom stereocenters. The van der Waals surface area contributed by atoms with Crippen LogP contribution in [-0.2, 0) is 0 Å². The van der Waals surface area contributed by atoms with Gasteiger partial charge < -0.3 is 5.73 Å². The first-order valence-corrected chi connectivity index (χ1v) is 8.52. The van der Waals surface area contributed by atoms with Gasteiger partial charge in [0.1, 0.15) is 0 Å². The Kier molecular flexibility index (Phi) is 5.70. The third kappa shape index (κ3) is 3.94. The van der Waals surface area contributed by atoms with E-state index in [1.807, 2.05) is 6.07 Å². The molecule has 0 spiro atoms. The van der Waals surface area contributed by atoms with E-state index in [4.69, 9.17) is 17.3 Å². The van der Waals surface area contributed by atoms with Crippen molar-refractivity contribution < 1.29 is 0 Å². The van der Waals surface area contributed by atoms with E-state index < -0.39 is 0 Å². The van der Waals surface area contributed by atoms with Gasteiger partial charge >= 0.3 is 0 Å². The highest BCUT2D eigenvalue weighted by molar-refractivity contribution is 7.16. The van der Waals surface area contributed by atoms with Crippen molar-refractivity contribution in [3.05, 3.63) is 21.3 Å². The minimum atomic E-state index is 0.336. The molecule has 1 heterocycles. The highest BCUT2D eigenvalue weighted by Gasteiger charge is 2.30. The largest absolute Gasteiger partial charge is 0.329 e. The maximum atomic E-state index is 6.09. The molecule has 1 aromatic rings. The van der Waals surface area contributed by atoms with Crippen molar-refractivity contribution in [1.29, 1.82) is 0 Å². The zero-order valence-corrected chi connectivity index (χ0v) is 13.5. The predicted octanol–water partition coefficient (Wildman–Crippen LogP) is 4.30. The van der Waals surface area contributed by atoms with Gasteiger partial charge in [-0.2, -0.15) is 0 Å². The summed E-state index contributed by atoms with van der Waals surface area (Å²) in [5.74, 6) is 0.671. The van der Waals surface area contributed by atoms with Crippen molar-refractivity contribution in [2.24, 2.45) is 11.7 Å². The van der Waals surface area contributed by atoms with Gasteiger partial charge in [0.05, 0.1) is 10.4 Å². The molecule has 1 fully saturated rings. The smallest absolute Gasteiger partial charge is 0.0931 e. The molecule has 1 saturated carbocycles. The molecule has 2 nitrogen and oxygen atoms in total. The zero-order chi connectivity index (χ0) is 13.8. The maximum absolute atomic E-state index is 6.09. The van der Waals surface area contributed by atoms with Gasteiger partial charge in [0, 0.05) is 24.0 Å². The van der Waals surface area contributed by atoms with Gasteiger partial charge in [-0.3, -0.25) is 4.90 Å². The number of hydrogen-bond donors (Lipinski definition) is 1. The van der Waals surface area contributed by atoms with Crippen LogP contribution in [0.15, 0.2) is 12.1 Å². The van der Waals surface area contributed by atoms with E-state index in [1.54, 1.807) is 11.3 Å². The van der Waals surface area contributed by atoms with Crippen LogP contribution >= 0.6 is 22.9 Å². The standard InChI is InChI=1S/C15H25ClN2S/c1-11(2)10-18(12-5-3-4-6-12)13(9-17)14-7-8-15(16)19-14/h7-8,11-13H,3-6,9-10,17H2,1-2H3. The molecule has 1 aliphatic carbocycles. The van der Waals surface area contributed by atoms with E-state index in [0.29, 0.717) is 24.5 Å². The number of hydrogen-bond acceptors (Lipinski definition) is 3. The number of thiophene rings is 1. The van der Waals surface area contributed by atoms with E-state index in [2.05, 4.69) is 24.8 Å². The van der Waals surface area contributed by atoms with Gasteiger partial charge in [-0.1, -0.05) is 38.3 Å². The lowest BCUT2D eigenvalue weighted by Gasteiger charge is -2.36.